The van der Waals surface area contributed by atoms with Gasteiger partial charge in [0.1, 0.15) is 11.6 Å². The van der Waals surface area contributed by atoms with Crippen molar-refractivity contribution in [3.63, 3.8) is 0 Å². The molecular weight excluding hydrogens is 254 g/mol. The van der Waals surface area contributed by atoms with Crippen LogP contribution in [0.15, 0.2) is 0 Å². The van der Waals surface area contributed by atoms with E-state index in [9.17, 15) is 9.59 Å². The van der Waals surface area contributed by atoms with E-state index in [0.29, 0.717) is 12.4 Å². The number of rotatable bonds is 7. The molecule has 0 heterocycles. The van der Waals surface area contributed by atoms with Gasteiger partial charge in [-0.3, -0.25) is 4.79 Å². The van der Waals surface area contributed by atoms with Gasteiger partial charge in [0.15, 0.2) is 0 Å². The monoisotopic (exact) mass is 277 g/mol. The summed E-state index contributed by atoms with van der Waals surface area (Å²) in [6, 6.07) is -0.625. The molecular formula is C12H23NO4S. The van der Waals surface area contributed by atoms with Gasteiger partial charge in [0.25, 0.3) is 0 Å². The van der Waals surface area contributed by atoms with E-state index >= 15 is 0 Å². The highest BCUT2D eigenvalue weighted by molar-refractivity contribution is 7.99. The number of carbonyl (C=O) groups excluding carboxylic acids is 2. The molecule has 1 N–H and O–H groups in total. The van der Waals surface area contributed by atoms with Crippen LogP contribution in [-0.4, -0.2) is 48.7 Å². The number of nitrogens with one attached hydrogen (secondary N) is 1. The van der Waals surface area contributed by atoms with Crippen molar-refractivity contribution in [3.8, 4) is 0 Å². The van der Waals surface area contributed by atoms with E-state index in [2.05, 4.69) is 5.32 Å². The zero-order valence-electron chi connectivity index (χ0n) is 11.7. The first-order valence-electron chi connectivity index (χ1n) is 5.85. The van der Waals surface area contributed by atoms with Gasteiger partial charge in [-0.2, -0.15) is 0 Å². The number of methoxy groups -OCH3 is 1. The summed E-state index contributed by atoms with van der Waals surface area (Å²) in [5.74, 6) is 0.480. The molecule has 1 atom stereocenters. The molecule has 0 saturated carbocycles. The molecule has 0 rings (SSSR count). The first-order valence-corrected chi connectivity index (χ1v) is 7.00. The van der Waals surface area contributed by atoms with Crippen molar-refractivity contribution in [2.75, 3.05) is 25.2 Å². The fraction of sp³-hybridized carbons (Fsp3) is 0.833. The van der Waals surface area contributed by atoms with Gasteiger partial charge >= 0.3 is 5.97 Å². The van der Waals surface area contributed by atoms with Crippen LogP contribution in [-0.2, 0) is 19.1 Å². The zero-order chi connectivity index (χ0) is 14.2. The van der Waals surface area contributed by atoms with E-state index < -0.39 is 17.6 Å². The van der Waals surface area contributed by atoms with E-state index in [1.54, 1.807) is 34.8 Å². The molecule has 0 aliphatic carbocycles. The summed E-state index contributed by atoms with van der Waals surface area (Å²) in [7, 11) is 1.62. The highest BCUT2D eigenvalue weighted by Gasteiger charge is 2.22. The lowest BCUT2D eigenvalue weighted by Gasteiger charge is -2.22. The molecule has 0 unspecified atom stereocenters. The fourth-order valence-electron chi connectivity index (χ4n) is 1.04. The van der Waals surface area contributed by atoms with Crippen LogP contribution in [0.4, 0.5) is 0 Å². The maximum absolute atomic E-state index is 11.6. The summed E-state index contributed by atoms with van der Waals surface area (Å²) in [6.45, 7) is 7.60. The Labute approximate surface area is 113 Å². The summed E-state index contributed by atoms with van der Waals surface area (Å²) in [4.78, 5) is 23.1. The van der Waals surface area contributed by atoms with Gasteiger partial charge in [0.05, 0.1) is 12.4 Å². The second-order valence-corrected chi connectivity index (χ2v) is 5.97. The standard InChI is InChI=1S/C12H23NO4S/c1-9(11(15)17-12(2,3)4)13-10(14)8-18-7-6-16-5/h9H,6-8H2,1-5H3,(H,13,14)/t9-/m0/s1. The molecule has 0 bridgehead atoms. The van der Waals surface area contributed by atoms with Gasteiger partial charge in [0, 0.05) is 12.9 Å². The van der Waals surface area contributed by atoms with Crippen molar-refractivity contribution in [1.29, 1.82) is 0 Å². The summed E-state index contributed by atoms with van der Waals surface area (Å²) in [6.07, 6.45) is 0. The number of thioether (sulfide) groups is 1. The third kappa shape index (κ3) is 9.30. The molecule has 0 aliphatic heterocycles. The van der Waals surface area contributed by atoms with E-state index in [1.165, 1.54) is 11.8 Å². The van der Waals surface area contributed by atoms with Crippen molar-refractivity contribution in [2.24, 2.45) is 0 Å². The van der Waals surface area contributed by atoms with Crippen LogP contribution in [0.2, 0.25) is 0 Å². The first kappa shape index (κ1) is 17.2. The molecule has 1 amide bonds. The Morgan fingerprint density at radius 3 is 2.44 bits per heavy atom. The van der Waals surface area contributed by atoms with Crippen molar-refractivity contribution in [1.82, 2.24) is 5.32 Å². The largest absolute Gasteiger partial charge is 0.458 e. The van der Waals surface area contributed by atoms with Crippen LogP contribution in [0.1, 0.15) is 27.7 Å². The molecule has 6 heteroatoms. The van der Waals surface area contributed by atoms with Crippen molar-refractivity contribution >= 4 is 23.6 Å². The van der Waals surface area contributed by atoms with Gasteiger partial charge in [-0.05, 0) is 27.7 Å². The minimum Gasteiger partial charge on any atom is -0.458 e. The molecule has 0 fully saturated rings. The Kier molecular flexibility index (Phi) is 8.02. The average Bonchev–Trinajstić information content (AvgIpc) is 2.22. The van der Waals surface area contributed by atoms with Crippen molar-refractivity contribution in [2.45, 2.75) is 39.3 Å². The molecule has 0 spiro atoms. The predicted octanol–water partition coefficient (Wildman–Crippen LogP) is 1.21. The summed E-state index contributed by atoms with van der Waals surface area (Å²) >= 11 is 1.46. The quantitative estimate of drug-likeness (QED) is 0.560. The van der Waals surface area contributed by atoms with E-state index in [0.717, 1.165) is 5.75 Å². The third-order valence-corrected chi connectivity index (χ3v) is 2.72. The Morgan fingerprint density at radius 1 is 1.33 bits per heavy atom. The van der Waals surface area contributed by atoms with Crippen LogP contribution in [0, 0.1) is 0 Å². The zero-order valence-corrected chi connectivity index (χ0v) is 12.6. The highest BCUT2D eigenvalue weighted by atomic mass is 32.2. The molecule has 5 nitrogen and oxygen atoms in total. The maximum atomic E-state index is 11.6. The van der Waals surface area contributed by atoms with Crippen LogP contribution >= 0.6 is 11.8 Å². The van der Waals surface area contributed by atoms with Crippen molar-refractivity contribution < 1.29 is 19.1 Å². The number of ether oxygens (including phenoxy) is 2. The van der Waals surface area contributed by atoms with Gasteiger partial charge in [0.2, 0.25) is 5.91 Å². The third-order valence-electron chi connectivity index (χ3n) is 1.80. The number of amides is 1. The Bertz CT molecular complexity index is 276. The van der Waals surface area contributed by atoms with Crippen LogP contribution < -0.4 is 5.32 Å². The number of hydrogen-bond acceptors (Lipinski definition) is 5. The van der Waals surface area contributed by atoms with Gasteiger partial charge < -0.3 is 14.8 Å². The average molecular weight is 277 g/mol. The summed E-state index contributed by atoms with van der Waals surface area (Å²) in [5.41, 5.74) is -0.538. The second kappa shape index (κ2) is 8.37. The van der Waals surface area contributed by atoms with Gasteiger partial charge in [-0.1, -0.05) is 0 Å². The minimum atomic E-state index is -0.625. The SMILES string of the molecule is COCCSCC(=O)N[C@@H](C)C(=O)OC(C)(C)C. The molecule has 0 aromatic heterocycles. The van der Waals surface area contributed by atoms with Gasteiger partial charge in [-0.25, -0.2) is 4.79 Å². The van der Waals surface area contributed by atoms with E-state index in [1.807, 2.05) is 0 Å². The van der Waals surface area contributed by atoms with Crippen LogP contribution in [0.25, 0.3) is 0 Å². The Morgan fingerprint density at radius 2 is 1.94 bits per heavy atom. The van der Waals surface area contributed by atoms with E-state index in [-0.39, 0.29) is 5.91 Å². The molecule has 0 radical (unpaired) electrons. The molecule has 0 aliphatic rings. The fourth-order valence-corrected chi connectivity index (χ4v) is 1.74. The highest BCUT2D eigenvalue weighted by Crippen LogP contribution is 2.08. The molecule has 18 heavy (non-hydrogen) atoms. The lowest BCUT2D eigenvalue weighted by Crippen LogP contribution is -2.42. The number of hydrogen-bond donors (Lipinski definition) is 1. The summed E-state index contributed by atoms with van der Waals surface area (Å²) < 4.78 is 10.0. The molecule has 106 valence electrons. The molecule has 0 aromatic carbocycles. The summed E-state index contributed by atoms with van der Waals surface area (Å²) in [5, 5.41) is 2.60. The minimum absolute atomic E-state index is 0.172. The number of esters is 1. The lowest BCUT2D eigenvalue weighted by molar-refractivity contribution is -0.157. The van der Waals surface area contributed by atoms with Crippen LogP contribution in [0.3, 0.4) is 0 Å². The molecule has 0 aromatic rings. The second-order valence-electron chi connectivity index (χ2n) is 4.87. The maximum Gasteiger partial charge on any atom is 0.328 e. The van der Waals surface area contributed by atoms with Crippen LogP contribution in [0.5, 0.6) is 0 Å². The first-order chi connectivity index (χ1) is 8.26. The Hall–Kier alpha value is -0.750. The number of carbonyl (C=O) groups is 2. The topological polar surface area (TPSA) is 64.6 Å². The normalized spacial score (nSPS) is 12.9. The smallest absolute Gasteiger partial charge is 0.328 e. The Balaban J connectivity index is 3.89. The predicted molar refractivity (Wildman–Crippen MR) is 72.7 cm³/mol. The molecule has 0 saturated heterocycles. The van der Waals surface area contributed by atoms with E-state index in [4.69, 9.17) is 9.47 Å². The van der Waals surface area contributed by atoms with Crippen molar-refractivity contribution in [3.05, 3.63) is 0 Å². The van der Waals surface area contributed by atoms with Gasteiger partial charge in [-0.15, -0.1) is 11.8 Å². The lowest BCUT2D eigenvalue weighted by atomic mass is 10.2.